The van der Waals surface area contributed by atoms with E-state index >= 15 is 0 Å². The fraction of sp³-hybridized carbons (Fsp3) is 0. The Morgan fingerprint density at radius 2 is 0.780 bits per heavy atom. The van der Waals surface area contributed by atoms with Crippen molar-refractivity contribution >= 4 is 67.6 Å². The van der Waals surface area contributed by atoms with Crippen molar-refractivity contribution in [3.63, 3.8) is 0 Å². The second-order valence-electron chi connectivity index (χ2n) is 11.4. The molecular formula is C44H32N2O4. The third-order valence-electron chi connectivity index (χ3n) is 8.33. The molecule has 6 heteroatoms. The molecule has 0 fully saturated rings. The first-order valence-corrected chi connectivity index (χ1v) is 16.1. The van der Waals surface area contributed by atoms with E-state index in [-0.39, 0.29) is 0 Å². The van der Waals surface area contributed by atoms with Crippen LogP contribution in [0.25, 0.3) is 21.5 Å². The van der Waals surface area contributed by atoms with Crippen molar-refractivity contribution in [1.82, 2.24) is 0 Å². The summed E-state index contributed by atoms with van der Waals surface area (Å²) in [5.41, 5.74) is 5.55. The van der Waals surface area contributed by atoms with Crippen molar-refractivity contribution < 1.29 is 19.1 Å². The van der Waals surface area contributed by atoms with E-state index < -0.39 is 11.9 Å². The lowest BCUT2D eigenvalue weighted by molar-refractivity contribution is -0.129. The number of carbonyl (C=O) groups is 2. The lowest BCUT2D eigenvalue weighted by Gasteiger charge is -2.30. The summed E-state index contributed by atoms with van der Waals surface area (Å²) in [5.74, 6) is -0.118. The Hall–Kier alpha value is -6.92. The molecule has 0 unspecified atom stereocenters. The molecule has 0 heterocycles. The second kappa shape index (κ2) is 14.1. The molecule has 7 aromatic rings. The standard InChI is InChI=1S/C44H32N2O4/c1-3-43(47)49-41-28-14-22-35-37(41)24-12-26-39(35)45(31-16-7-5-8-17-31)33-20-11-21-34(30-33)46(32-18-9-6-10-19-32)40-27-13-25-38-36(40)23-15-29-42(38)50-44(48)4-2/h3-30H,1-2H2. The molecule has 0 bridgehead atoms. The highest BCUT2D eigenvalue weighted by atomic mass is 16.5. The lowest BCUT2D eigenvalue weighted by Crippen LogP contribution is -2.14. The number of benzene rings is 7. The summed E-state index contributed by atoms with van der Waals surface area (Å²) >= 11 is 0. The molecule has 0 N–H and O–H groups in total. The van der Waals surface area contributed by atoms with Crippen LogP contribution < -0.4 is 19.3 Å². The minimum Gasteiger partial charge on any atom is -0.423 e. The van der Waals surface area contributed by atoms with Crippen LogP contribution in [0.5, 0.6) is 11.5 Å². The van der Waals surface area contributed by atoms with Gasteiger partial charge < -0.3 is 19.3 Å². The van der Waals surface area contributed by atoms with Crippen molar-refractivity contribution in [2.75, 3.05) is 9.80 Å². The molecule has 0 atom stereocenters. The van der Waals surface area contributed by atoms with Crippen LogP contribution in [-0.4, -0.2) is 11.9 Å². The number of ether oxygens (including phenoxy) is 2. The monoisotopic (exact) mass is 652 g/mol. The molecule has 7 rings (SSSR count). The summed E-state index contributed by atoms with van der Waals surface area (Å²) in [6.07, 6.45) is 2.32. The Balaban J connectivity index is 1.42. The SMILES string of the molecule is C=CC(=O)Oc1cccc2c(N(c3ccccc3)c3cccc(N(c4ccccc4)c4cccc5c(OC(=O)C=C)cccc45)c3)cccc12. The van der Waals surface area contributed by atoms with Gasteiger partial charge in [0.05, 0.1) is 11.4 Å². The smallest absolute Gasteiger partial charge is 0.335 e. The summed E-state index contributed by atoms with van der Waals surface area (Å²) < 4.78 is 11.3. The van der Waals surface area contributed by atoms with Crippen LogP contribution >= 0.6 is 0 Å². The van der Waals surface area contributed by atoms with Gasteiger partial charge in [-0.3, -0.25) is 0 Å². The molecular weight excluding hydrogens is 620 g/mol. The molecule has 0 spiro atoms. The van der Waals surface area contributed by atoms with Gasteiger partial charge in [0.1, 0.15) is 11.5 Å². The summed E-state index contributed by atoms with van der Waals surface area (Å²) in [6.45, 7) is 7.11. The Labute approximate surface area is 290 Å². The van der Waals surface area contributed by atoms with Gasteiger partial charge in [-0.25, -0.2) is 9.59 Å². The molecule has 0 aromatic heterocycles. The minimum atomic E-state index is -0.518. The highest BCUT2D eigenvalue weighted by Gasteiger charge is 2.21. The van der Waals surface area contributed by atoms with E-state index in [1.165, 1.54) is 0 Å². The number of hydrogen-bond donors (Lipinski definition) is 0. The second-order valence-corrected chi connectivity index (χ2v) is 11.4. The van der Waals surface area contributed by atoms with Gasteiger partial charge in [0.25, 0.3) is 0 Å². The van der Waals surface area contributed by atoms with Crippen molar-refractivity contribution in [3.05, 3.63) is 183 Å². The quantitative estimate of drug-likeness (QED) is 0.0832. The van der Waals surface area contributed by atoms with Gasteiger partial charge in [0.2, 0.25) is 0 Å². The number of fused-ring (bicyclic) bond motifs is 2. The van der Waals surface area contributed by atoms with E-state index in [0.29, 0.717) is 11.5 Å². The predicted octanol–water partition coefficient (Wildman–Crippen LogP) is 11.1. The maximum atomic E-state index is 12.2. The summed E-state index contributed by atoms with van der Waals surface area (Å²) in [7, 11) is 0. The molecule has 0 saturated heterocycles. The van der Waals surface area contributed by atoms with Crippen LogP contribution in [0.2, 0.25) is 0 Å². The van der Waals surface area contributed by atoms with Gasteiger partial charge in [-0.05, 0) is 66.7 Å². The lowest BCUT2D eigenvalue weighted by atomic mass is 10.0. The zero-order valence-electron chi connectivity index (χ0n) is 27.1. The van der Waals surface area contributed by atoms with E-state index in [1.54, 1.807) is 12.1 Å². The maximum Gasteiger partial charge on any atom is 0.335 e. The molecule has 50 heavy (non-hydrogen) atoms. The molecule has 0 aliphatic rings. The Morgan fingerprint density at radius 1 is 0.420 bits per heavy atom. The zero-order valence-corrected chi connectivity index (χ0v) is 27.1. The van der Waals surface area contributed by atoms with Crippen LogP contribution in [0.1, 0.15) is 0 Å². The third kappa shape index (κ3) is 6.21. The van der Waals surface area contributed by atoms with E-state index in [2.05, 4.69) is 77.6 Å². The first-order chi connectivity index (χ1) is 24.6. The van der Waals surface area contributed by atoms with Crippen LogP contribution in [0, 0.1) is 0 Å². The molecule has 0 aliphatic carbocycles. The number of para-hydroxylation sites is 2. The fourth-order valence-corrected chi connectivity index (χ4v) is 6.18. The first-order valence-electron chi connectivity index (χ1n) is 16.1. The number of nitrogens with zero attached hydrogens (tertiary/aromatic N) is 2. The van der Waals surface area contributed by atoms with Gasteiger partial charge in [-0.15, -0.1) is 0 Å². The summed E-state index contributed by atoms with van der Waals surface area (Å²) in [6, 6.07) is 52.0. The van der Waals surface area contributed by atoms with Crippen molar-refractivity contribution in [3.8, 4) is 11.5 Å². The van der Waals surface area contributed by atoms with Gasteiger partial charge >= 0.3 is 11.9 Å². The maximum absolute atomic E-state index is 12.2. The molecule has 0 radical (unpaired) electrons. The number of hydrogen-bond acceptors (Lipinski definition) is 6. The van der Waals surface area contributed by atoms with Crippen molar-refractivity contribution in [2.45, 2.75) is 0 Å². The average Bonchev–Trinajstić information content (AvgIpc) is 3.16. The Bertz CT molecular complexity index is 2210. The number of esters is 2. The highest BCUT2D eigenvalue weighted by molar-refractivity contribution is 6.05. The van der Waals surface area contributed by atoms with Crippen LogP contribution in [0.3, 0.4) is 0 Å². The largest absolute Gasteiger partial charge is 0.423 e. The Morgan fingerprint density at radius 3 is 1.20 bits per heavy atom. The van der Waals surface area contributed by atoms with Gasteiger partial charge in [0.15, 0.2) is 0 Å². The van der Waals surface area contributed by atoms with Crippen LogP contribution in [0.4, 0.5) is 34.1 Å². The number of rotatable bonds is 10. The normalized spacial score (nSPS) is 10.7. The van der Waals surface area contributed by atoms with Gasteiger partial charge in [0, 0.05) is 56.4 Å². The fourth-order valence-electron chi connectivity index (χ4n) is 6.18. The molecule has 242 valence electrons. The summed E-state index contributed by atoms with van der Waals surface area (Å²) in [4.78, 5) is 28.8. The molecule has 0 amide bonds. The third-order valence-corrected chi connectivity index (χ3v) is 8.33. The zero-order chi connectivity index (χ0) is 34.5. The topological polar surface area (TPSA) is 59.1 Å². The van der Waals surface area contributed by atoms with Crippen LogP contribution in [-0.2, 0) is 9.59 Å². The average molecular weight is 653 g/mol. The number of carbonyl (C=O) groups excluding carboxylic acids is 2. The molecule has 6 nitrogen and oxygen atoms in total. The minimum absolute atomic E-state index is 0.459. The Kier molecular flexibility index (Phi) is 8.90. The molecule has 0 saturated carbocycles. The van der Waals surface area contributed by atoms with Gasteiger partial charge in [-0.2, -0.15) is 0 Å². The van der Waals surface area contributed by atoms with Gasteiger partial charge in [-0.1, -0.05) is 104 Å². The van der Waals surface area contributed by atoms with E-state index in [4.69, 9.17) is 9.47 Å². The predicted molar refractivity (Wildman–Crippen MR) is 202 cm³/mol. The van der Waals surface area contributed by atoms with Crippen LogP contribution in [0.15, 0.2) is 183 Å². The van der Waals surface area contributed by atoms with E-state index in [1.807, 2.05) is 91.0 Å². The van der Waals surface area contributed by atoms with E-state index in [0.717, 1.165) is 67.8 Å². The summed E-state index contributed by atoms with van der Waals surface area (Å²) in [5, 5.41) is 3.41. The number of anilines is 6. The van der Waals surface area contributed by atoms with E-state index in [9.17, 15) is 9.59 Å². The van der Waals surface area contributed by atoms with Crippen molar-refractivity contribution in [2.24, 2.45) is 0 Å². The highest BCUT2D eigenvalue weighted by Crippen LogP contribution is 2.45. The molecule has 0 aliphatic heterocycles. The molecule has 7 aromatic carbocycles. The van der Waals surface area contributed by atoms with Crippen molar-refractivity contribution in [1.29, 1.82) is 0 Å². The first kappa shape index (κ1) is 31.7.